The number of rotatable bonds is 6. The van der Waals surface area contributed by atoms with Crippen molar-refractivity contribution in [2.75, 3.05) is 19.5 Å². The van der Waals surface area contributed by atoms with Crippen LogP contribution in [0, 0.1) is 6.92 Å². The molecule has 1 amide bonds. The molecule has 17 heavy (non-hydrogen) atoms. The highest BCUT2D eigenvalue weighted by Crippen LogP contribution is 2.05. The van der Waals surface area contributed by atoms with Gasteiger partial charge in [-0.15, -0.1) is 11.6 Å². The summed E-state index contributed by atoms with van der Waals surface area (Å²) < 4.78 is 0. The second-order valence-electron chi connectivity index (χ2n) is 4.16. The van der Waals surface area contributed by atoms with Crippen LogP contribution in [-0.2, 0) is 0 Å². The first kappa shape index (κ1) is 14.0. The van der Waals surface area contributed by atoms with Crippen molar-refractivity contribution in [2.45, 2.75) is 26.2 Å². The molecule has 0 saturated heterocycles. The van der Waals surface area contributed by atoms with Crippen LogP contribution in [0.15, 0.2) is 18.3 Å². The van der Waals surface area contributed by atoms with Gasteiger partial charge in [0.25, 0.3) is 5.91 Å². The van der Waals surface area contributed by atoms with Crippen LogP contribution >= 0.6 is 11.6 Å². The zero-order chi connectivity index (χ0) is 12.7. The predicted molar refractivity (Wildman–Crippen MR) is 70.5 cm³/mol. The molecule has 0 bridgehead atoms. The van der Waals surface area contributed by atoms with Gasteiger partial charge in [0.2, 0.25) is 0 Å². The normalized spacial score (nSPS) is 10.3. The Bertz CT molecular complexity index is 351. The number of nitrogens with zero attached hydrogens (tertiary/aromatic N) is 2. The van der Waals surface area contributed by atoms with Gasteiger partial charge in [-0.05, 0) is 31.9 Å². The molecule has 3 nitrogen and oxygen atoms in total. The van der Waals surface area contributed by atoms with E-state index in [2.05, 4.69) is 4.98 Å². The van der Waals surface area contributed by atoms with Crippen molar-refractivity contribution in [3.63, 3.8) is 0 Å². The van der Waals surface area contributed by atoms with Crippen molar-refractivity contribution in [3.05, 3.63) is 29.6 Å². The van der Waals surface area contributed by atoms with E-state index in [4.69, 9.17) is 11.6 Å². The van der Waals surface area contributed by atoms with E-state index >= 15 is 0 Å². The molecular formula is C13H19ClN2O. The highest BCUT2D eigenvalue weighted by Gasteiger charge is 2.10. The first-order valence-corrected chi connectivity index (χ1v) is 6.42. The molecule has 94 valence electrons. The second kappa shape index (κ2) is 7.28. The molecule has 0 aliphatic heterocycles. The first-order valence-electron chi connectivity index (χ1n) is 5.89. The van der Waals surface area contributed by atoms with Crippen molar-refractivity contribution < 1.29 is 4.79 Å². The van der Waals surface area contributed by atoms with Crippen molar-refractivity contribution in [2.24, 2.45) is 0 Å². The Kier molecular flexibility index (Phi) is 5.98. The van der Waals surface area contributed by atoms with E-state index in [0.29, 0.717) is 11.4 Å². The van der Waals surface area contributed by atoms with Crippen molar-refractivity contribution >= 4 is 17.5 Å². The standard InChI is InChI=1S/C13H19ClN2O/c1-11-6-7-12(10-15-11)13(17)16(2)9-5-3-4-8-14/h6-7,10H,3-5,8-9H2,1-2H3. The number of carbonyl (C=O) groups excluding carboxylic acids is 1. The lowest BCUT2D eigenvalue weighted by molar-refractivity contribution is 0.0792. The molecule has 1 aromatic rings. The molecular weight excluding hydrogens is 236 g/mol. The smallest absolute Gasteiger partial charge is 0.255 e. The summed E-state index contributed by atoms with van der Waals surface area (Å²) in [5, 5.41) is 0. The van der Waals surface area contributed by atoms with E-state index in [1.807, 2.05) is 26.1 Å². The summed E-state index contributed by atoms with van der Waals surface area (Å²) in [6.45, 7) is 2.67. The molecule has 0 aliphatic carbocycles. The van der Waals surface area contributed by atoms with E-state index in [1.165, 1.54) is 0 Å². The molecule has 1 heterocycles. The number of halogens is 1. The number of hydrogen-bond donors (Lipinski definition) is 0. The number of aromatic nitrogens is 1. The van der Waals surface area contributed by atoms with Crippen molar-refractivity contribution in [3.8, 4) is 0 Å². The highest BCUT2D eigenvalue weighted by molar-refractivity contribution is 6.17. The summed E-state index contributed by atoms with van der Waals surface area (Å²) in [4.78, 5) is 17.8. The second-order valence-corrected chi connectivity index (χ2v) is 4.54. The van der Waals surface area contributed by atoms with Crippen LogP contribution in [0.25, 0.3) is 0 Å². The third-order valence-corrected chi connectivity index (χ3v) is 2.90. The maximum absolute atomic E-state index is 12.0. The van der Waals surface area contributed by atoms with Gasteiger partial charge in [0.05, 0.1) is 5.56 Å². The Morgan fingerprint density at radius 1 is 1.35 bits per heavy atom. The van der Waals surface area contributed by atoms with Gasteiger partial charge in [-0.3, -0.25) is 9.78 Å². The lowest BCUT2D eigenvalue weighted by Crippen LogP contribution is -2.27. The van der Waals surface area contributed by atoms with Gasteiger partial charge in [-0.25, -0.2) is 0 Å². The van der Waals surface area contributed by atoms with E-state index in [1.54, 1.807) is 11.1 Å². The van der Waals surface area contributed by atoms with Crippen molar-refractivity contribution in [1.82, 2.24) is 9.88 Å². The average molecular weight is 255 g/mol. The molecule has 0 atom stereocenters. The molecule has 0 spiro atoms. The number of unbranched alkanes of at least 4 members (excludes halogenated alkanes) is 2. The Morgan fingerprint density at radius 3 is 2.71 bits per heavy atom. The van der Waals surface area contributed by atoms with E-state index < -0.39 is 0 Å². The van der Waals surface area contributed by atoms with Gasteiger partial charge in [-0.1, -0.05) is 6.42 Å². The monoisotopic (exact) mass is 254 g/mol. The third kappa shape index (κ3) is 4.73. The molecule has 0 aliphatic rings. The minimum Gasteiger partial charge on any atom is -0.342 e. The maximum atomic E-state index is 12.0. The fourth-order valence-electron chi connectivity index (χ4n) is 1.54. The number of aryl methyl sites for hydroxylation is 1. The third-order valence-electron chi connectivity index (χ3n) is 2.63. The Morgan fingerprint density at radius 2 is 2.12 bits per heavy atom. The minimum absolute atomic E-state index is 0.0309. The van der Waals surface area contributed by atoms with E-state index in [9.17, 15) is 4.79 Å². The number of pyridine rings is 1. The van der Waals surface area contributed by atoms with Crippen LogP contribution in [-0.4, -0.2) is 35.3 Å². The average Bonchev–Trinajstić information content (AvgIpc) is 2.34. The fourth-order valence-corrected chi connectivity index (χ4v) is 1.73. The summed E-state index contributed by atoms with van der Waals surface area (Å²) in [7, 11) is 1.82. The summed E-state index contributed by atoms with van der Waals surface area (Å²) in [6.07, 6.45) is 4.70. The quantitative estimate of drug-likeness (QED) is 0.578. The van der Waals surface area contributed by atoms with Gasteiger partial charge in [0.15, 0.2) is 0 Å². The van der Waals surface area contributed by atoms with E-state index in [-0.39, 0.29) is 5.91 Å². The Balaban J connectivity index is 2.43. The van der Waals surface area contributed by atoms with Crippen LogP contribution < -0.4 is 0 Å². The molecule has 1 aromatic heterocycles. The largest absolute Gasteiger partial charge is 0.342 e. The number of hydrogen-bond acceptors (Lipinski definition) is 2. The molecule has 0 N–H and O–H groups in total. The maximum Gasteiger partial charge on any atom is 0.255 e. The summed E-state index contributed by atoms with van der Waals surface area (Å²) >= 11 is 5.60. The molecule has 4 heteroatoms. The Labute approximate surface area is 108 Å². The minimum atomic E-state index is 0.0309. The number of amides is 1. The van der Waals surface area contributed by atoms with Gasteiger partial charge in [0, 0.05) is 31.4 Å². The first-order chi connectivity index (χ1) is 8.15. The zero-order valence-corrected chi connectivity index (χ0v) is 11.2. The number of alkyl halides is 1. The number of carbonyl (C=O) groups is 1. The van der Waals surface area contributed by atoms with Crippen LogP contribution in [0.1, 0.15) is 35.3 Å². The van der Waals surface area contributed by atoms with Crippen LogP contribution in [0.3, 0.4) is 0 Å². The zero-order valence-electron chi connectivity index (χ0n) is 10.4. The van der Waals surface area contributed by atoms with Crippen molar-refractivity contribution in [1.29, 1.82) is 0 Å². The lowest BCUT2D eigenvalue weighted by atomic mass is 10.2. The summed E-state index contributed by atoms with van der Waals surface area (Å²) in [5.74, 6) is 0.725. The SMILES string of the molecule is Cc1ccc(C(=O)N(C)CCCCCCl)cn1. The molecule has 1 rings (SSSR count). The van der Waals surface area contributed by atoms with Crippen LogP contribution in [0.5, 0.6) is 0 Å². The molecule has 0 saturated carbocycles. The van der Waals surface area contributed by atoms with Crippen LogP contribution in [0.2, 0.25) is 0 Å². The molecule has 0 unspecified atom stereocenters. The van der Waals surface area contributed by atoms with Gasteiger partial charge in [-0.2, -0.15) is 0 Å². The predicted octanol–water partition coefficient (Wildman–Crippen LogP) is 2.87. The van der Waals surface area contributed by atoms with Crippen LogP contribution in [0.4, 0.5) is 0 Å². The summed E-state index contributed by atoms with van der Waals surface area (Å²) in [6, 6.07) is 3.68. The molecule has 0 aromatic carbocycles. The van der Waals surface area contributed by atoms with Gasteiger partial charge < -0.3 is 4.90 Å². The van der Waals surface area contributed by atoms with E-state index in [0.717, 1.165) is 31.5 Å². The molecule has 0 fully saturated rings. The van der Waals surface area contributed by atoms with Gasteiger partial charge in [0.1, 0.15) is 0 Å². The lowest BCUT2D eigenvalue weighted by Gasteiger charge is -2.16. The fraction of sp³-hybridized carbons (Fsp3) is 0.538. The van der Waals surface area contributed by atoms with Gasteiger partial charge >= 0.3 is 0 Å². The summed E-state index contributed by atoms with van der Waals surface area (Å²) in [5.41, 5.74) is 1.57. The highest BCUT2D eigenvalue weighted by atomic mass is 35.5. The Hall–Kier alpha value is -1.09. The molecule has 0 radical (unpaired) electrons. The topological polar surface area (TPSA) is 33.2 Å².